The van der Waals surface area contributed by atoms with Crippen LogP contribution in [0.25, 0.3) is 0 Å². The summed E-state index contributed by atoms with van der Waals surface area (Å²) in [6, 6.07) is 1.81. The first-order valence-corrected chi connectivity index (χ1v) is 5.84. The van der Waals surface area contributed by atoms with E-state index < -0.39 is 0 Å². The van der Waals surface area contributed by atoms with E-state index in [0.29, 0.717) is 16.5 Å². The minimum atomic E-state index is -0.132. The monoisotopic (exact) mass is 240 g/mol. The molecule has 4 heteroatoms. The van der Waals surface area contributed by atoms with Crippen LogP contribution in [0.1, 0.15) is 37.6 Å². The van der Waals surface area contributed by atoms with E-state index in [2.05, 4.69) is 31.1 Å². The van der Waals surface area contributed by atoms with Gasteiger partial charge >= 0.3 is 0 Å². The highest BCUT2D eigenvalue weighted by atomic mass is 35.5. The molecular formula is C12H17ClN2O. The number of pyridine rings is 1. The smallest absolute Gasteiger partial charge is 0.253 e. The molecule has 0 aliphatic rings. The highest BCUT2D eigenvalue weighted by Gasteiger charge is 2.16. The molecule has 1 atom stereocenters. The predicted octanol–water partition coefficient (Wildman–Crippen LogP) is 2.90. The number of amides is 1. The summed E-state index contributed by atoms with van der Waals surface area (Å²) in [5.41, 5.74) is 0.482. The fourth-order valence-corrected chi connectivity index (χ4v) is 1.75. The summed E-state index contributed by atoms with van der Waals surface area (Å²) in [5, 5.41) is 3.36. The zero-order valence-corrected chi connectivity index (χ0v) is 10.6. The normalized spacial score (nSPS) is 12.6. The molecule has 0 saturated heterocycles. The van der Waals surface area contributed by atoms with Crippen molar-refractivity contribution >= 4 is 17.5 Å². The van der Waals surface area contributed by atoms with Crippen LogP contribution in [0.4, 0.5) is 0 Å². The number of carbonyl (C=O) groups excluding carboxylic acids is 1. The molecular weight excluding hydrogens is 224 g/mol. The summed E-state index contributed by atoms with van der Waals surface area (Å²) in [4.78, 5) is 15.8. The molecule has 1 N–H and O–H groups in total. The van der Waals surface area contributed by atoms with Crippen LogP contribution in [0.2, 0.25) is 5.02 Å². The highest BCUT2D eigenvalue weighted by molar-refractivity contribution is 6.33. The van der Waals surface area contributed by atoms with Crippen molar-refractivity contribution < 1.29 is 4.79 Å². The molecule has 3 nitrogen and oxygen atoms in total. The van der Waals surface area contributed by atoms with Gasteiger partial charge in [-0.2, -0.15) is 0 Å². The number of halogens is 1. The second kappa shape index (κ2) is 5.85. The van der Waals surface area contributed by atoms with E-state index in [1.165, 1.54) is 6.20 Å². The van der Waals surface area contributed by atoms with Crippen LogP contribution in [0.5, 0.6) is 0 Å². The van der Waals surface area contributed by atoms with E-state index >= 15 is 0 Å². The Morgan fingerprint density at radius 2 is 2.25 bits per heavy atom. The van der Waals surface area contributed by atoms with Crippen LogP contribution in [-0.4, -0.2) is 16.9 Å². The molecule has 1 unspecified atom stereocenters. The average Bonchev–Trinajstić information content (AvgIpc) is 2.25. The third-order valence-corrected chi connectivity index (χ3v) is 2.88. The standard InChI is InChI=1S/C12H17ClN2O/c1-4-11(8(2)3)15-12(16)9-5-6-14-7-10(9)13/h5-8,11H,4H2,1-3H3,(H,15,16). The van der Waals surface area contributed by atoms with Gasteiger partial charge in [-0.3, -0.25) is 9.78 Å². The van der Waals surface area contributed by atoms with Gasteiger partial charge < -0.3 is 5.32 Å². The molecule has 0 aliphatic heterocycles. The molecule has 0 aromatic carbocycles. The summed E-state index contributed by atoms with van der Waals surface area (Å²) in [6.07, 6.45) is 3.95. The molecule has 0 aliphatic carbocycles. The van der Waals surface area contributed by atoms with Crippen molar-refractivity contribution in [3.63, 3.8) is 0 Å². The second-order valence-electron chi connectivity index (χ2n) is 4.09. The minimum absolute atomic E-state index is 0.132. The average molecular weight is 241 g/mol. The zero-order valence-electron chi connectivity index (χ0n) is 9.83. The van der Waals surface area contributed by atoms with Gasteiger partial charge in [0, 0.05) is 18.4 Å². The highest BCUT2D eigenvalue weighted by Crippen LogP contribution is 2.14. The first kappa shape index (κ1) is 13.0. The number of aromatic nitrogens is 1. The second-order valence-corrected chi connectivity index (χ2v) is 4.49. The van der Waals surface area contributed by atoms with Gasteiger partial charge in [0.15, 0.2) is 0 Å². The lowest BCUT2D eigenvalue weighted by atomic mass is 10.0. The lowest BCUT2D eigenvalue weighted by Gasteiger charge is -2.20. The Morgan fingerprint density at radius 1 is 1.56 bits per heavy atom. The minimum Gasteiger partial charge on any atom is -0.349 e. The van der Waals surface area contributed by atoms with Crippen molar-refractivity contribution in [2.45, 2.75) is 33.2 Å². The van der Waals surface area contributed by atoms with E-state index in [1.807, 2.05) is 0 Å². The molecule has 16 heavy (non-hydrogen) atoms. The topological polar surface area (TPSA) is 42.0 Å². The number of hydrogen-bond donors (Lipinski definition) is 1. The Morgan fingerprint density at radius 3 is 2.75 bits per heavy atom. The number of nitrogens with one attached hydrogen (secondary N) is 1. The first-order chi connectivity index (χ1) is 7.56. The zero-order chi connectivity index (χ0) is 12.1. The van der Waals surface area contributed by atoms with Gasteiger partial charge in [0.25, 0.3) is 5.91 Å². The third kappa shape index (κ3) is 3.20. The van der Waals surface area contributed by atoms with Crippen molar-refractivity contribution in [1.29, 1.82) is 0 Å². The first-order valence-electron chi connectivity index (χ1n) is 5.46. The Hall–Kier alpha value is -1.09. The van der Waals surface area contributed by atoms with Gasteiger partial charge in [0.05, 0.1) is 10.6 Å². The largest absolute Gasteiger partial charge is 0.349 e. The van der Waals surface area contributed by atoms with Gasteiger partial charge in [-0.05, 0) is 18.4 Å². The molecule has 0 bridgehead atoms. The van der Waals surface area contributed by atoms with Crippen LogP contribution >= 0.6 is 11.6 Å². The van der Waals surface area contributed by atoms with Crippen LogP contribution in [-0.2, 0) is 0 Å². The molecule has 1 aromatic rings. The molecule has 1 heterocycles. The Labute approximate surface area is 101 Å². The lowest BCUT2D eigenvalue weighted by molar-refractivity contribution is 0.0924. The number of nitrogens with zero attached hydrogens (tertiary/aromatic N) is 1. The molecule has 1 aromatic heterocycles. The maximum Gasteiger partial charge on any atom is 0.253 e. The maximum absolute atomic E-state index is 11.9. The van der Waals surface area contributed by atoms with Crippen molar-refractivity contribution in [3.05, 3.63) is 29.0 Å². The quantitative estimate of drug-likeness (QED) is 0.879. The van der Waals surface area contributed by atoms with Gasteiger partial charge in [0.2, 0.25) is 0 Å². The van der Waals surface area contributed by atoms with Crippen LogP contribution in [0.3, 0.4) is 0 Å². The number of hydrogen-bond acceptors (Lipinski definition) is 2. The van der Waals surface area contributed by atoms with Crippen LogP contribution in [0.15, 0.2) is 18.5 Å². The van der Waals surface area contributed by atoms with Crippen molar-refractivity contribution in [1.82, 2.24) is 10.3 Å². The van der Waals surface area contributed by atoms with E-state index in [0.717, 1.165) is 6.42 Å². The van der Waals surface area contributed by atoms with E-state index in [-0.39, 0.29) is 11.9 Å². The molecule has 1 amide bonds. The summed E-state index contributed by atoms with van der Waals surface area (Å²) < 4.78 is 0. The van der Waals surface area contributed by atoms with Crippen LogP contribution < -0.4 is 5.32 Å². The van der Waals surface area contributed by atoms with E-state index in [4.69, 9.17) is 11.6 Å². The Bertz CT molecular complexity index is 366. The lowest BCUT2D eigenvalue weighted by Crippen LogP contribution is -2.38. The molecule has 0 fully saturated rings. The van der Waals surface area contributed by atoms with Crippen molar-refractivity contribution in [2.24, 2.45) is 5.92 Å². The SMILES string of the molecule is CCC(NC(=O)c1ccncc1Cl)C(C)C. The molecule has 1 rings (SSSR count). The summed E-state index contributed by atoms with van der Waals surface area (Å²) in [7, 11) is 0. The summed E-state index contributed by atoms with van der Waals surface area (Å²) >= 11 is 5.90. The number of carbonyl (C=O) groups is 1. The van der Waals surface area contributed by atoms with Gasteiger partial charge in [-0.15, -0.1) is 0 Å². The van der Waals surface area contributed by atoms with Gasteiger partial charge in [0.1, 0.15) is 0 Å². The van der Waals surface area contributed by atoms with E-state index in [1.54, 1.807) is 12.3 Å². The summed E-state index contributed by atoms with van der Waals surface area (Å²) in [5.74, 6) is 0.280. The number of rotatable bonds is 4. The van der Waals surface area contributed by atoms with Gasteiger partial charge in [-0.1, -0.05) is 32.4 Å². The van der Waals surface area contributed by atoms with E-state index in [9.17, 15) is 4.79 Å². The molecule has 0 radical (unpaired) electrons. The molecule has 0 saturated carbocycles. The molecule has 88 valence electrons. The Kier molecular flexibility index (Phi) is 4.74. The fourth-order valence-electron chi connectivity index (χ4n) is 1.55. The van der Waals surface area contributed by atoms with Crippen molar-refractivity contribution in [2.75, 3.05) is 0 Å². The fraction of sp³-hybridized carbons (Fsp3) is 0.500. The molecule has 0 spiro atoms. The van der Waals surface area contributed by atoms with Gasteiger partial charge in [-0.25, -0.2) is 0 Å². The van der Waals surface area contributed by atoms with Crippen LogP contribution in [0, 0.1) is 5.92 Å². The maximum atomic E-state index is 11.9. The predicted molar refractivity (Wildman–Crippen MR) is 65.6 cm³/mol. The third-order valence-electron chi connectivity index (χ3n) is 2.58. The Balaban J connectivity index is 2.76. The van der Waals surface area contributed by atoms with Crippen molar-refractivity contribution in [3.8, 4) is 0 Å². The summed E-state index contributed by atoms with van der Waals surface area (Å²) in [6.45, 7) is 6.23.